The second kappa shape index (κ2) is 16.3. The van der Waals surface area contributed by atoms with Gasteiger partial charge < -0.3 is 28.8 Å². The summed E-state index contributed by atoms with van der Waals surface area (Å²) in [5.41, 5.74) is -0.706. The minimum Gasteiger partial charge on any atom is -0.465 e. The van der Waals surface area contributed by atoms with Crippen LogP contribution in [0, 0.1) is 5.82 Å². The molecule has 4 aromatic rings. The van der Waals surface area contributed by atoms with E-state index in [1.165, 1.54) is 78.3 Å². The molecule has 0 spiro atoms. The molecule has 1 N–H and O–H groups in total. The van der Waals surface area contributed by atoms with E-state index in [9.17, 15) is 28.4 Å². The Labute approximate surface area is 303 Å². The van der Waals surface area contributed by atoms with Crippen LogP contribution in [0.4, 0.5) is 10.2 Å². The number of halogens is 3. The van der Waals surface area contributed by atoms with Crippen LogP contribution in [0.25, 0.3) is 0 Å². The number of carbonyl (C=O) groups is 3. The van der Waals surface area contributed by atoms with E-state index in [-0.39, 0.29) is 49.9 Å². The van der Waals surface area contributed by atoms with Gasteiger partial charge in [-0.25, -0.2) is 14.2 Å². The number of piperazine rings is 1. The average molecular weight is 744 g/mol. The Bertz CT molecular complexity index is 2030. The first-order valence-electron chi connectivity index (χ1n) is 15.6. The van der Waals surface area contributed by atoms with Crippen molar-refractivity contribution < 1.29 is 28.2 Å². The Kier molecular flexibility index (Phi) is 12.4. The van der Waals surface area contributed by atoms with Gasteiger partial charge in [0.05, 0.1) is 46.1 Å². The monoisotopic (exact) mass is 742 g/mol. The maximum atomic E-state index is 13.3. The molecule has 1 atom stereocenters. The predicted octanol–water partition coefficient (Wildman–Crippen LogP) is 4.75. The summed E-state index contributed by atoms with van der Waals surface area (Å²) in [6, 6.07) is 10.8. The van der Waals surface area contributed by atoms with Gasteiger partial charge >= 0.3 is 5.97 Å². The van der Waals surface area contributed by atoms with Crippen molar-refractivity contribution >= 4 is 46.8 Å². The van der Waals surface area contributed by atoms with Crippen molar-refractivity contribution in [2.24, 2.45) is 14.1 Å². The van der Waals surface area contributed by atoms with Crippen molar-refractivity contribution in [3.05, 3.63) is 115 Å². The highest BCUT2D eigenvalue weighted by Crippen LogP contribution is 2.27. The topological polar surface area (TPSA) is 145 Å². The van der Waals surface area contributed by atoms with Crippen molar-refractivity contribution in [1.29, 1.82) is 0 Å². The van der Waals surface area contributed by atoms with Gasteiger partial charge in [0.15, 0.2) is 0 Å². The summed E-state index contributed by atoms with van der Waals surface area (Å²) >= 11 is 11.9. The number of hydrogen-bond acceptors (Lipinski definition) is 9. The zero-order valence-corrected chi connectivity index (χ0v) is 30.3. The molecule has 51 heavy (non-hydrogen) atoms. The van der Waals surface area contributed by atoms with Crippen molar-refractivity contribution in [3.8, 4) is 11.5 Å². The summed E-state index contributed by atoms with van der Waals surface area (Å²) in [7, 11) is 4.36. The van der Waals surface area contributed by atoms with Crippen LogP contribution in [0.2, 0.25) is 10.0 Å². The number of ether oxygens (including phenoxy) is 2. The molecule has 0 unspecified atom stereocenters. The smallest absolute Gasteiger partial charge is 0.340 e. The number of benzene rings is 1. The van der Waals surface area contributed by atoms with Crippen LogP contribution < -0.4 is 21.2 Å². The number of pyridine rings is 3. The van der Waals surface area contributed by atoms with E-state index in [2.05, 4.69) is 15.0 Å². The SMILES string of the molecule is COC(=O)c1cn(C)c(=O)cc1Cl.C[C@@H](C(=O)Nc1ccc(Oc2ccc(F)cc2)cn1)N1CCN(C(=O)c2cn(C)c(=O)cc2Cl)C(C)(C)C1. The quantitative estimate of drug-likeness (QED) is 0.265. The van der Waals surface area contributed by atoms with Crippen LogP contribution in [0.5, 0.6) is 11.5 Å². The van der Waals surface area contributed by atoms with Gasteiger partial charge in [0.2, 0.25) is 5.91 Å². The highest BCUT2D eigenvalue weighted by atomic mass is 35.5. The number of hydrogen-bond donors (Lipinski definition) is 1. The predicted molar refractivity (Wildman–Crippen MR) is 190 cm³/mol. The van der Waals surface area contributed by atoms with Crippen LogP contribution in [-0.4, -0.2) is 80.0 Å². The summed E-state index contributed by atoms with van der Waals surface area (Å²) in [6.45, 7) is 6.98. The van der Waals surface area contributed by atoms with Crippen molar-refractivity contribution in [2.45, 2.75) is 32.4 Å². The number of aromatic nitrogens is 3. The normalized spacial score (nSPS) is 14.5. The van der Waals surface area contributed by atoms with Gasteiger partial charge in [0.25, 0.3) is 17.0 Å². The van der Waals surface area contributed by atoms with Gasteiger partial charge in [-0.3, -0.25) is 24.1 Å². The molecule has 1 fully saturated rings. The van der Waals surface area contributed by atoms with E-state index in [1.54, 1.807) is 31.0 Å². The largest absolute Gasteiger partial charge is 0.465 e. The Morgan fingerprint density at radius 3 is 2.02 bits per heavy atom. The van der Waals surface area contributed by atoms with E-state index < -0.39 is 17.6 Å². The second-order valence-electron chi connectivity index (χ2n) is 12.3. The van der Waals surface area contributed by atoms with Gasteiger partial charge in [-0.05, 0) is 57.2 Å². The van der Waals surface area contributed by atoms with E-state index in [0.29, 0.717) is 37.0 Å². The third kappa shape index (κ3) is 9.60. The number of nitrogens with one attached hydrogen (secondary N) is 1. The number of nitrogens with zero attached hydrogens (tertiary/aromatic N) is 5. The van der Waals surface area contributed by atoms with Crippen LogP contribution in [0.15, 0.2) is 76.7 Å². The average Bonchev–Trinajstić information content (AvgIpc) is 3.08. The summed E-state index contributed by atoms with van der Waals surface area (Å²) in [4.78, 5) is 68.2. The number of aryl methyl sites for hydroxylation is 2. The van der Waals surface area contributed by atoms with E-state index in [0.717, 1.165) is 0 Å². The summed E-state index contributed by atoms with van der Waals surface area (Å²) in [5.74, 6) is -0.124. The number of esters is 1. The zero-order chi connectivity index (χ0) is 37.6. The second-order valence-corrected chi connectivity index (χ2v) is 13.1. The first-order valence-corrected chi connectivity index (χ1v) is 16.3. The fourth-order valence-corrected chi connectivity index (χ4v) is 5.67. The molecule has 1 aromatic carbocycles. The standard InChI is InChI=1S/C27H29ClFN5O4.C8H8ClNO3/c1-17(25(36)31-23-10-9-20(14-30-23)38-19-7-5-18(29)6-8-19)33-11-12-34(27(2,3)16-33)26(37)21-15-32(4)24(35)13-22(21)28;1-10-4-5(8(12)13-2)6(9)3-7(10)11/h5-10,13-15,17H,11-12,16H2,1-4H3,(H,30,31,36);3-4H,1-2H3/t17-;/m0./s1. The number of anilines is 1. The molecular weight excluding hydrogens is 706 g/mol. The fraction of sp³-hybridized carbons (Fsp3) is 0.314. The summed E-state index contributed by atoms with van der Waals surface area (Å²) in [6.07, 6.45) is 4.27. The number of amides is 2. The minimum absolute atomic E-state index is 0.106. The number of rotatable bonds is 7. The molecule has 270 valence electrons. The lowest BCUT2D eigenvalue weighted by atomic mass is 9.96. The van der Waals surface area contributed by atoms with Crippen LogP contribution >= 0.6 is 23.2 Å². The van der Waals surface area contributed by atoms with Gasteiger partial charge in [0, 0.05) is 58.3 Å². The van der Waals surface area contributed by atoms with Crippen LogP contribution in [-0.2, 0) is 23.6 Å². The Morgan fingerprint density at radius 1 is 0.902 bits per heavy atom. The van der Waals surface area contributed by atoms with Crippen molar-refractivity contribution in [3.63, 3.8) is 0 Å². The van der Waals surface area contributed by atoms with E-state index in [4.69, 9.17) is 27.9 Å². The molecule has 4 heterocycles. The molecule has 13 nitrogen and oxygen atoms in total. The van der Waals surface area contributed by atoms with Gasteiger partial charge in [-0.15, -0.1) is 0 Å². The first-order chi connectivity index (χ1) is 24.0. The van der Waals surface area contributed by atoms with Crippen molar-refractivity contribution in [2.75, 3.05) is 32.1 Å². The summed E-state index contributed by atoms with van der Waals surface area (Å²) < 4.78 is 25.8. The van der Waals surface area contributed by atoms with E-state index >= 15 is 0 Å². The van der Waals surface area contributed by atoms with Crippen LogP contribution in [0.3, 0.4) is 0 Å². The van der Waals surface area contributed by atoms with Gasteiger partial charge in [-0.1, -0.05) is 23.2 Å². The molecule has 1 aliphatic rings. The molecule has 1 aliphatic heterocycles. The van der Waals surface area contributed by atoms with Gasteiger partial charge in [0.1, 0.15) is 23.1 Å². The molecule has 0 saturated carbocycles. The molecular formula is C35H37Cl2FN6O7. The first kappa shape index (κ1) is 38.7. The highest BCUT2D eigenvalue weighted by Gasteiger charge is 2.40. The maximum Gasteiger partial charge on any atom is 0.340 e. The maximum absolute atomic E-state index is 13.3. The third-order valence-electron chi connectivity index (χ3n) is 8.13. The summed E-state index contributed by atoms with van der Waals surface area (Å²) in [5, 5.41) is 3.04. The number of methoxy groups -OCH3 is 1. The molecule has 3 aromatic heterocycles. The third-order valence-corrected chi connectivity index (χ3v) is 8.76. The van der Waals surface area contributed by atoms with Gasteiger partial charge in [-0.2, -0.15) is 0 Å². The fourth-order valence-electron chi connectivity index (χ4n) is 5.23. The van der Waals surface area contributed by atoms with Crippen molar-refractivity contribution in [1.82, 2.24) is 23.9 Å². The lowest BCUT2D eigenvalue weighted by molar-refractivity contribution is -0.122. The molecule has 0 aliphatic carbocycles. The molecule has 16 heteroatoms. The highest BCUT2D eigenvalue weighted by molar-refractivity contribution is 6.34. The number of carbonyl (C=O) groups excluding carboxylic acids is 3. The minimum atomic E-state index is -0.598. The Hall–Kier alpha value is -5.05. The molecule has 1 saturated heterocycles. The van der Waals surface area contributed by atoms with E-state index in [1.807, 2.05) is 18.7 Å². The zero-order valence-electron chi connectivity index (χ0n) is 28.8. The molecule has 2 amide bonds. The molecule has 0 radical (unpaired) electrons. The molecule has 0 bridgehead atoms. The lowest BCUT2D eigenvalue weighted by Gasteiger charge is -2.48. The lowest BCUT2D eigenvalue weighted by Crippen LogP contribution is -2.63. The van der Waals surface area contributed by atoms with Crippen LogP contribution in [0.1, 0.15) is 41.5 Å². The molecule has 5 rings (SSSR count). The Morgan fingerprint density at radius 2 is 1.47 bits per heavy atom. The Balaban J connectivity index is 0.000000378.